The average Bonchev–Trinajstić information content (AvgIpc) is 2.88. The molecule has 1 aromatic heterocycles. The number of aromatic nitrogens is 2. The molecule has 1 N–H and O–H groups in total. The normalized spacial score (nSPS) is 19.3. The minimum atomic E-state index is -0.141. The van der Waals surface area contributed by atoms with Crippen molar-refractivity contribution < 1.29 is 9.53 Å². The van der Waals surface area contributed by atoms with Gasteiger partial charge in [-0.3, -0.25) is 9.48 Å². The van der Waals surface area contributed by atoms with Crippen LogP contribution in [0.15, 0.2) is 6.20 Å². The van der Waals surface area contributed by atoms with Crippen molar-refractivity contribution in [3.8, 4) is 5.75 Å². The van der Waals surface area contributed by atoms with Crippen LogP contribution in [-0.2, 0) is 6.54 Å². The van der Waals surface area contributed by atoms with E-state index < -0.39 is 0 Å². The molecule has 0 aliphatic carbocycles. The van der Waals surface area contributed by atoms with Crippen molar-refractivity contribution in [2.24, 2.45) is 0 Å². The Morgan fingerprint density at radius 2 is 2.45 bits per heavy atom. The molecular formula is C13H22N4O2S. The number of ketones is 1. The molecule has 1 fully saturated rings. The maximum Gasteiger partial charge on any atom is 0.202 e. The Bertz CT molecular complexity index is 455. The largest absolute Gasteiger partial charge is 0.493 e. The number of hydrogen-bond donors (Lipinski definition) is 1. The lowest BCUT2D eigenvalue weighted by Gasteiger charge is -2.22. The maximum absolute atomic E-state index is 12.7. The molecule has 0 saturated carbocycles. The fraction of sp³-hybridized carbons (Fsp3) is 0.692. The number of methoxy groups -OCH3 is 1. The first-order valence-corrected chi connectivity index (χ1v) is 7.89. The van der Waals surface area contributed by atoms with Crippen molar-refractivity contribution in [2.75, 3.05) is 45.8 Å². The molecule has 0 aromatic carbocycles. The van der Waals surface area contributed by atoms with Crippen LogP contribution in [0, 0.1) is 0 Å². The predicted octanol–water partition coefficient (Wildman–Crippen LogP) is 0.341. The second-order valence-electron chi connectivity index (χ2n) is 5.03. The molecule has 112 valence electrons. The molecule has 0 bridgehead atoms. The van der Waals surface area contributed by atoms with Gasteiger partial charge in [0.15, 0.2) is 5.75 Å². The third kappa shape index (κ3) is 3.53. The van der Waals surface area contributed by atoms with Crippen LogP contribution in [0.1, 0.15) is 10.5 Å². The highest BCUT2D eigenvalue weighted by Gasteiger charge is 2.28. The third-order valence-corrected chi connectivity index (χ3v) is 4.32. The third-order valence-electron chi connectivity index (χ3n) is 3.26. The Balaban J connectivity index is 2.18. The summed E-state index contributed by atoms with van der Waals surface area (Å²) < 4.78 is 7.04. The number of likely N-dealkylation sites (N-methyl/N-ethyl adjacent to an activating group) is 1. The van der Waals surface area contributed by atoms with E-state index in [0.29, 0.717) is 18.0 Å². The van der Waals surface area contributed by atoms with Crippen LogP contribution in [0.25, 0.3) is 0 Å². The summed E-state index contributed by atoms with van der Waals surface area (Å²) in [5, 5.41) is 7.56. The van der Waals surface area contributed by atoms with Crippen LogP contribution < -0.4 is 10.1 Å². The van der Waals surface area contributed by atoms with Gasteiger partial charge in [-0.2, -0.15) is 16.9 Å². The van der Waals surface area contributed by atoms with Gasteiger partial charge in [0.05, 0.1) is 25.9 Å². The lowest BCUT2D eigenvalue weighted by molar-refractivity contribution is 0.0938. The second kappa shape index (κ2) is 7.10. The van der Waals surface area contributed by atoms with Crippen LogP contribution >= 0.6 is 11.8 Å². The number of thioether (sulfide) groups is 1. The molecular weight excluding hydrogens is 276 g/mol. The number of Topliss-reactive ketones (excluding diaryl/α,β-unsaturated/α-hetero) is 1. The summed E-state index contributed by atoms with van der Waals surface area (Å²) in [5.74, 6) is 2.50. The molecule has 1 aliphatic rings. The Kier molecular flexibility index (Phi) is 5.45. The van der Waals surface area contributed by atoms with E-state index in [4.69, 9.17) is 4.74 Å². The van der Waals surface area contributed by atoms with E-state index in [0.717, 1.165) is 24.6 Å². The highest BCUT2D eigenvalue weighted by molar-refractivity contribution is 7.99. The van der Waals surface area contributed by atoms with Gasteiger partial charge >= 0.3 is 0 Å². The van der Waals surface area contributed by atoms with E-state index in [9.17, 15) is 4.79 Å². The van der Waals surface area contributed by atoms with Crippen LogP contribution in [0.4, 0.5) is 0 Å². The molecule has 7 heteroatoms. The van der Waals surface area contributed by atoms with E-state index in [1.54, 1.807) is 29.8 Å². The number of rotatable bonds is 6. The zero-order valence-electron chi connectivity index (χ0n) is 12.3. The zero-order valence-corrected chi connectivity index (χ0v) is 13.1. The molecule has 20 heavy (non-hydrogen) atoms. The van der Waals surface area contributed by atoms with Gasteiger partial charge in [-0.15, -0.1) is 0 Å². The minimum absolute atomic E-state index is 0.0744. The first kappa shape index (κ1) is 15.3. The van der Waals surface area contributed by atoms with Gasteiger partial charge in [-0.25, -0.2) is 0 Å². The summed E-state index contributed by atoms with van der Waals surface area (Å²) in [5.41, 5.74) is 0.578. The zero-order chi connectivity index (χ0) is 14.5. The highest BCUT2D eigenvalue weighted by Crippen LogP contribution is 2.21. The van der Waals surface area contributed by atoms with Crippen LogP contribution in [0.3, 0.4) is 0 Å². The van der Waals surface area contributed by atoms with Crippen molar-refractivity contribution in [1.29, 1.82) is 0 Å². The summed E-state index contributed by atoms with van der Waals surface area (Å²) >= 11 is 1.80. The van der Waals surface area contributed by atoms with Gasteiger partial charge in [0.2, 0.25) is 5.78 Å². The summed E-state index contributed by atoms with van der Waals surface area (Å²) in [7, 11) is 5.58. The predicted molar refractivity (Wildman–Crippen MR) is 80.8 cm³/mol. The van der Waals surface area contributed by atoms with Gasteiger partial charge in [-0.05, 0) is 14.1 Å². The number of nitrogens with one attached hydrogen (secondary N) is 1. The lowest BCUT2D eigenvalue weighted by Crippen LogP contribution is -2.44. The lowest BCUT2D eigenvalue weighted by atomic mass is 10.1. The van der Waals surface area contributed by atoms with Crippen LogP contribution in [0.5, 0.6) is 5.75 Å². The Hall–Kier alpha value is -1.05. The second-order valence-corrected chi connectivity index (χ2v) is 6.18. The average molecular weight is 298 g/mol. The molecule has 2 heterocycles. The molecule has 0 radical (unpaired) electrons. The molecule has 1 atom stereocenters. The number of carbonyl (C=O) groups excluding carboxylic acids is 1. The smallest absolute Gasteiger partial charge is 0.202 e. The monoisotopic (exact) mass is 298 g/mol. The molecule has 1 aromatic rings. The van der Waals surface area contributed by atoms with Crippen molar-refractivity contribution in [1.82, 2.24) is 20.0 Å². The van der Waals surface area contributed by atoms with E-state index in [1.807, 2.05) is 14.1 Å². The maximum atomic E-state index is 12.7. The molecule has 1 saturated heterocycles. The topological polar surface area (TPSA) is 59.4 Å². The van der Waals surface area contributed by atoms with E-state index in [-0.39, 0.29) is 11.8 Å². The molecule has 2 rings (SSSR count). The van der Waals surface area contributed by atoms with Crippen LogP contribution in [0.2, 0.25) is 0 Å². The van der Waals surface area contributed by atoms with E-state index in [2.05, 4.69) is 15.3 Å². The summed E-state index contributed by atoms with van der Waals surface area (Å²) in [4.78, 5) is 14.7. The van der Waals surface area contributed by atoms with Gasteiger partial charge in [0, 0.05) is 24.6 Å². The van der Waals surface area contributed by atoms with Crippen molar-refractivity contribution >= 4 is 17.5 Å². The highest BCUT2D eigenvalue weighted by atomic mass is 32.2. The SMILES string of the molecule is COc1cnn(CCN(C)C)c1C(=O)C1CSCCN1. The van der Waals surface area contributed by atoms with Crippen molar-refractivity contribution in [2.45, 2.75) is 12.6 Å². The number of nitrogens with zero attached hydrogens (tertiary/aromatic N) is 3. The molecule has 0 spiro atoms. The number of ether oxygens (including phenoxy) is 1. The first-order valence-electron chi connectivity index (χ1n) is 6.73. The quantitative estimate of drug-likeness (QED) is 0.764. The fourth-order valence-electron chi connectivity index (χ4n) is 2.13. The van der Waals surface area contributed by atoms with Crippen LogP contribution in [-0.4, -0.2) is 72.3 Å². The van der Waals surface area contributed by atoms with Gasteiger partial charge in [0.1, 0.15) is 5.69 Å². The minimum Gasteiger partial charge on any atom is -0.493 e. The van der Waals surface area contributed by atoms with E-state index >= 15 is 0 Å². The van der Waals surface area contributed by atoms with Gasteiger partial charge in [-0.1, -0.05) is 0 Å². The van der Waals surface area contributed by atoms with Gasteiger partial charge < -0.3 is 15.0 Å². The standard InChI is InChI=1S/C13H22N4O2S/c1-16(2)5-6-17-12(11(19-3)8-15-17)13(18)10-9-20-7-4-14-10/h8,10,14H,4-7,9H2,1-3H3. The first-order chi connectivity index (χ1) is 9.63. The van der Waals surface area contributed by atoms with E-state index in [1.165, 1.54) is 0 Å². The number of hydrogen-bond acceptors (Lipinski definition) is 6. The Morgan fingerprint density at radius 1 is 1.65 bits per heavy atom. The number of carbonyl (C=O) groups is 1. The summed E-state index contributed by atoms with van der Waals surface area (Å²) in [6.45, 7) is 2.38. The Morgan fingerprint density at radius 3 is 3.05 bits per heavy atom. The summed E-state index contributed by atoms with van der Waals surface area (Å²) in [6.07, 6.45) is 1.62. The van der Waals surface area contributed by atoms with Gasteiger partial charge in [0.25, 0.3) is 0 Å². The van der Waals surface area contributed by atoms with Crippen molar-refractivity contribution in [3.05, 3.63) is 11.9 Å². The summed E-state index contributed by atoms with van der Waals surface area (Å²) in [6, 6.07) is -0.141. The fourth-order valence-corrected chi connectivity index (χ4v) is 3.06. The molecule has 1 aliphatic heterocycles. The molecule has 0 amide bonds. The Labute approximate surface area is 123 Å². The molecule has 1 unspecified atom stereocenters. The van der Waals surface area contributed by atoms with Crippen molar-refractivity contribution in [3.63, 3.8) is 0 Å². The molecule has 6 nitrogen and oxygen atoms in total.